The average Bonchev–Trinajstić information content (AvgIpc) is 2.65. The number of carbonyl (C=O) groups excluding carboxylic acids is 2. The maximum atomic E-state index is 12.4. The summed E-state index contributed by atoms with van der Waals surface area (Å²) in [5, 5.41) is 4.17. The number of para-hydroxylation sites is 1. The number of amidine groups is 1. The van der Waals surface area contributed by atoms with Crippen LogP contribution in [-0.2, 0) is 16.0 Å². The number of hydrogen-bond acceptors (Lipinski definition) is 5. The molecule has 0 unspecified atom stereocenters. The maximum Gasteiger partial charge on any atom is 0.288 e. The van der Waals surface area contributed by atoms with E-state index in [1.807, 2.05) is 30.3 Å². The Morgan fingerprint density at radius 1 is 1.24 bits per heavy atom. The van der Waals surface area contributed by atoms with Crippen molar-refractivity contribution in [2.45, 2.75) is 19.4 Å². The highest BCUT2D eigenvalue weighted by atomic mass is 16.2. The summed E-state index contributed by atoms with van der Waals surface area (Å²) in [5.74, 6) is -0.426. The predicted molar refractivity (Wildman–Crippen MR) is 94.9 cm³/mol. The van der Waals surface area contributed by atoms with Crippen molar-refractivity contribution in [3.8, 4) is 0 Å². The third kappa shape index (κ3) is 4.00. The fraction of sp³-hybridized carbons (Fsp3) is 0.222. The number of benzene rings is 1. The van der Waals surface area contributed by atoms with Crippen molar-refractivity contribution in [2.75, 3.05) is 11.6 Å². The van der Waals surface area contributed by atoms with Crippen LogP contribution in [0.5, 0.6) is 0 Å². The highest BCUT2D eigenvalue weighted by Crippen LogP contribution is 2.15. The second-order valence-corrected chi connectivity index (χ2v) is 5.64. The van der Waals surface area contributed by atoms with Gasteiger partial charge in [0.2, 0.25) is 5.84 Å². The lowest BCUT2D eigenvalue weighted by Gasteiger charge is -2.30. The van der Waals surface area contributed by atoms with Gasteiger partial charge >= 0.3 is 0 Å². The molecule has 1 aliphatic rings. The lowest BCUT2D eigenvalue weighted by atomic mass is 10.2. The Hall–Kier alpha value is -3.22. The van der Waals surface area contributed by atoms with Gasteiger partial charge in [-0.25, -0.2) is 10.0 Å². The van der Waals surface area contributed by atoms with E-state index in [4.69, 9.17) is 0 Å². The van der Waals surface area contributed by atoms with Gasteiger partial charge in [-0.05, 0) is 37.1 Å². The van der Waals surface area contributed by atoms with Gasteiger partial charge in [-0.3, -0.25) is 20.0 Å². The molecule has 7 nitrogen and oxygen atoms in total. The summed E-state index contributed by atoms with van der Waals surface area (Å²) in [6, 6.07) is 12.3. The smallest absolute Gasteiger partial charge is 0.288 e. The Morgan fingerprint density at radius 2 is 2.04 bits per heavy atom. The largest absolute Gasteiger partial charge is 0.349 e. The maximum absolute atomic E-state index is 12.4. The second kappa shape index (κ2) is 7.57. The van der Waals surface area contributed by atoms with Gasteiger partial charge in [0.1, 0.15) is 6.04 Å². The van der Waals surface area contributed by atoms with Crippen LogP contribution in [0.3, 0.4) is 0 Å². The molecule has 0 saturated heterocycles. The van der Waals surface area contributed by atoms with Crippen LogP contribution >= 0.6 is 0 Å². The first-order valence-electron chi connectivity index (χ1n) is 8.06. The standard InChI is InChI=1S/C18H19N5O2/c1-13-18(25)23(15-7-3-2-4-8-15)22-16(21-13)17(24)20-11-9-14-6-5-10-19-12-14/h2-8,10,12-13H,9,11H2,1H3,(H,20,24)(H,21,22)/t13-/m1/s1. The van der Waals surface area contributed by atoms with Crippen molar-refractivity contribution in [1.29, 1.82) is 0 Å². The first-order chi connectivity index (χ1) is 12.1. The molecule has 2 N–H and O–H groups in total. The number of nitrogens with zero attached hydrogens (tertiary/aromatic N) is 3. The molecular formula is C18H19N5O2. The van der Waals surface area contributed by atoms with E-state index in [1.165, 1.54) is 5.01 Å². The van der Waals surface area contributed by atoms with Gasteiger partial charge < -0.3 is 5.32 Å². The molecule has 0 radical (unpaired) electrons. The molecule has 0 saturated carbocycles. The molecule has 25 heavy (non-hydrogen) atoms. The molecule has 0 spiro atoms. The van der Waals surface area contributed by atoms with Crippen LogP contribution < -0.4 is 15.8 Å². The van der Waals surface area contributed by atoms with E-state index in [0.29, 0.717) is 18.7 Å². The van der Waals surface area contributed by atoms with Crippen LogP contribution in [0.4, 0.5) is 5.69 Å². The Labute approximate surface area is 145 Å². The molecular weight excluding hydrogens is 318 g/mol. The van der Waals surface area contributed by atoms with Crippen molar-refractivity contribution in [2.24, 2.45) is 4.99 Å². The molecule has 2 aromatic rings. The predicted octanol–water partition coefficient (Wildman–Crippen LogP) is 1.08. The normalized spacial score (nSPS) is 16.8. The van der Waals surface area contributed by atoms with Gasteiger partial charge in [-0.15, -0.1) is 0 Å². The molecule has 1 aromatic heterocycles. The zero-order valence-electron chi connectivity index (χ0n) is 13.8. The minimum Gasteiger partial charge on any atom is -0.349 e. The lowest BCUT2D eigenvalue weighted by molar-refractivity contribution is -0.120. The van der Waals surface area contributed by atoms with Gasteiger partial charge in [0.15, 0.2) is 0 Å². The number of aliphatic imine (C=N–C) groups is 1. The number of anilines is 1. The minimum atomic E-state index is -0.625. The Balaban J connectivity index is 1.63. The Kier molecular flexibility index (Phi) is 5.03. The molecule has 3 rings (SSSR count). The van der Waals surface area contributed by atoms with Gasteiger partial charge in [0, 0.05) is 18.9 Å². The van der Waals surface area contributed by atoms with Crippen molar-refractivity contribution in [1.82, 2.24) is 15.7 Å². The quantitative estimate of drug-likeness (QED) is 0.855. The number of amides is 2. The third-order valence-electron chi connectivity index (χ3n) is 3.77. The molecule has 0 bridgehead atoms. The van der Waals surface area contributed by atoms with Crippen molar-refractivity contribution in [3.63, 3.8) is 0 Å². The van der Waals surface area contributed by atoms with Crippen LogP contribution in [0, 0.1) is 0 Å². The Morgan fingerprint density at radius 3 is 2.76 bits per heavy atom. The molecule has 128 valence electrons. The monoisotopic (exact) mass is 337 g/mol. The van der Waals surface area contributed by atoms with Crippen molar-refractivity contribution >= 4 is 23.3 Å². The molecule has 1 aliphatic heterocycles. The highest BCUT2D eigenvalue weighted by Gasteiger charge is 2.30. The molecule has 0 fully saturated rings. The van der Waals surface area contributed by atoms with Crippen LogP contribution in [0.2, 0.25) is 0 Å². The highest BCUT2D eigenvalue weighted by molar-refractivity contribution is 6.39. The molecule has 7 heteroatoms. The minimum absolute atomic E-state index is 0.127. The molecule has 2 heterocycles. The summed E-state index contributed by atoms with van der Waals surface area (Å²) in [4.78, 5) is 32.9. The van der Waals surface area contributed by atoms with Gasteiger partial charge in [-0.1, -0.05) is 24.3 Å². The second-order valence-electron chi connectivity index (χ2n) is 5.64. The third-order valence-corrected chi connectivity index (χ3v) is 3.77. The molecule has 1 atom stereocenters. The van der Waals surface area contributed by atoms with E-state index in [9.17, 15) is 9.59 Å². The number of carbonyl (C=O) groups is 2. The van der Waals surface area contributed by atoms with Crippen LogP contribution in [0.25, 0.3) is 0 Å². The lowest BCUT2D eigenvalue weighted by Crippen LogP contribution is -2.58. The Bertz CT molecular complexity index is 777. The fourth-order valence-corrected chi connectivity index (χ4v) is 2.45. The summed E-state index contributed by atoms with van der Waals surface area (Å²) in [5.41, 5.74) is 4.51. The van der Waals surface area contributed by atoms with E-state index < -0.39 is 6.04 Å². The van der Waals surface area contributed by atoms with E-state index in [0.717, 1.165) is 5.56 Å². The van der Waals surface area contributed by atoms with Crippen LogP contribution in [-0.4, -0.2) is 35.2 Å². The summed E-state index contributed by atoms with van der Waals surface area (Å²) >= 11 is 0. The number of hydrogen-bond donors (Lipinski definition) is 2. The number of hydrazine groups is 1. The SMILES string of the molecule is C[C@H]1N=C(C(=O)NCCc2cccnc2)NN(c2ccccc2)C1=O. The summed E-state index contributed by atoms with van der Waals surface area (Å²) < 4.78 is 0. The summed E-state index contributed by atoms with van der Waals surface area (Å²) in [7, 11) is 0. The number of aromatic nitrogens is 1. The zero-order chi connectivity index (χ0) is 17.6. The summed E-state index contributed by atoms with van der Waals surface area (Å²) in [6.07, 6.45) is 4.14. The van der Waals surface area contributed by atoms with E-state index in [2.05, 4.69) is 20.7 Å². The van der Waals surface area contributed by atoms with Crippen molar-refractivity contribution < 1.29 is 9.59 Å². The number of pyridine rings is 1. The molecule has 1 aromatic carbocycles. The first kappa shape index (κ1) is 16.6. The van der Waals surface area contributed by atoms with E-state index in [-0.39, 0.29) is 17.6 Å². The first-order valence-corrected chi connectivity index (χ1v) is 8.06. The van der Waals surface area contributed by atoms with Crippen LogP contribution in [0.1, 0.15) is 12.5 Å². The summed E-state index contributed by atoms with van der Waals surface area (Å²) in [6.45, 7) is 2.13. The van der Waals surface area contributed by atoms with Crippen LogP contribution in [0.15, 0.2) is 59.9 Å². The van der Waals surface area contributed by atoms with Crippen molar-refractivity contribution in [3.05, 3.63) is 60.4 Å². The topological polar surface area (TPSA) is 86.7 Å². The number of nitrogens with one attached hydrogen (secondary N) is 2. The van der Waals surface area contributed by atoms with Gasteiger partial charge in [0.25, 0.3) is 11.8 Å². The van der Waals surface area contributed by atoms with E-state index >= 15 is 0 Å². The average molecular weight is 337 g/mol. The fourth-order valence-electron chi connectivity index (χ4n) is 2.45. The van der Waals surface area contributed by atoms with Gasteiger partial charge in [-0.2, -0.15) is 0 Å². The van der Waals surface area contributed by atoms with Gasteiger partial charge in [0.05, 0.1) is 5.69 Å². The molecule has 2 amide bonds. The number of rotatable bonds is 5. The van der Waals surface area contributed by atoms with E-state index in [1.54, 1.807) is 31.5 Å². The zero-order valence-corrected chi connectivity index (χ0v) is 13.8. The molecule has 0 aliphatic carbocycles.